The number of amides is 2. The first-order chi connectivity index (χ1) is 10.6. The summed E-state index contributed by atoms with van der Waals surface area (Å²) >= 11 is 0. The van der Waals surface area contributed by atoms with Gasteiger partial charge in [0.2, 0.25) is 5.95 Å². The van der Waals surface area contributed by atoms with Gasteiger partial charge in [-0.2, -0.15) is 0 Å². The van der Waals surface area contributed by atoms with Crippen molar-refractivity contribution in [3.05, 3.63) is 24.4 Å². The standard InChI is InChI=1S/C14H17N5O3/c20-12(21)9-4-6-10(7-5-9)15-14(22)16-13-18-17-11-3-1-2-8-19(11)13/h1-3,8-10H,4-7H2,(H,20,21)(H2,15,16,18,22). The van der Waals surface area contributed by atoms with E-state index in [-0.39, 0.29) is 18.0 Å². The fourth-order valence-corrected chi connectivity index (χ4v) is 2.73. The number of carboxylic acid groups (broad SMARTS) is 1. The molecule has 1 aliphatic carbocycles. The number of nitrogens with one attached hydrogen (secondary N) is 2. The van der Waals surface area contributed by atoms with Crippen LogP contribution in [0.1, 0.15) is 25.7 Å². The van der Waals surface area contributed by atoms with Crippen molar-refractivity contribution in [3.8, 4) is 0 Å². The predicted molar refractivity (Wildman–Crippen MR) is 78.5 cm³/mol. The summed E-state index contributed by atoms with van der Waals surface area (Å²) in [6, 6.07) is 5.11. The Hall–Kier alpha value is -2.64. The summed E-state index contributed by atoms with van der Waals surface area (Å²) in [5.41, 5.74) is 0.653. The zero-order valence-corrected chi connectivity index (χ0v) is 11.9. The summed E-state index contributed by atoms with van der Waals surface area (Å²) in [5, 5.41) is 22.4. The second-order valence-electron chi connectivity index (χ2n) is 5.44. The number of hydrogen-bond donors (Lipinski definition) is 3. The van der Waals surface area contributed by atoms with Crippen LogP contribution >= 0.6 is 0 Å². The van der Waals surface area contributed by atoms with Gasteiger partial charge in [0.15, 0.2) is 5.65 Å². The van der Waals surface area contributed by atoms with Gasteiger partial charge in [0.05, 0.1) is 5.92 Å². The maximum atomic E-state index is 12.0. The van der Waals surface area contributed by atoms with E-state index < -0.39 is 5.97 Å². The van der Waals surface area contributed by atoms with Crippen LogP contribution in [-0.2, 0) is 4.79 Å². The largest absolute Gasteiger partial charge is 0.481 e. The number of aliphatic carboxylic acids is 1. The van der Waals surface area contributed by atoms with Gasteiger partial charge >= 0.3 is 12.0 Å². The highest BCUT2D eigenvalue weighted by molar-refractivity contribution is 5.88. The smallest absolute Gasteiger partial charge is 0.321 e. The number of carboxylic acids is 1. The molecule has 8 heteroatoms. The molecule has 0 aliphatic heterocycles. The van der Waals surface area contributed by atoms with Crippen LogP contribution in [0.25, 0.3) is 5.65 Å². The minimum Gasteiger partial charge on any atom is -0.481 e. The minimum absolute atomic E-state index is 0.00483. The van der Waals surface area contributed by atoms with Gasteiger partial charge < -0.3 is 10.4 Å². The molecule has 0 unspecified atom stereocenters. The van der Waals surface area contributed by atoms with Gasteiger partial charge in [0.25, 0.3) is 0 Å². The van der Waals surface area contributed by atoms with E-state index in [1.807, 2.05) is 12.1 Å². The number of anilines is 1. The fraction of sp³-hybridized carbons (Fsp3) is 0.429. The van der Waals surface area contributed by atoms with Gasteiger partial charge in [-0.15, -0.1) is 10.2 Å². The van der Waals surface area contributed by atoms with Crippen molar-refractivity contribution in [1.29, 1.82) is 0 Å². The van der Waals surface area contributed by atoms with E-state index in [1.54, 1.807) is 16.7 Å². The van der Waals surface area contributed by atoms with Crippen molar-refractivity contribution in [2.75, 3.05) is 5.32 Å². The zero-order valence-electron chi connectivity index (χ0n) is 11.9. The van der Waals surface area contributed by atoms with Crippen molar-refractivity contribution in [3.63, 3.8) is 0 Å². The lowest BCUT2D eigenvalue weighted by Crippen LogP contribution is -2.41. The molecule has 2 aromatic heterocycles. The average Bonchev–Trinajstić information content (AvgIpc) is 2.91. The molecule has 0 radical (unpaired) electrons. The highest BCUT2D eigenvalue weighted by Gasteiger charge is 2.26. The van der Waals surface area contributed by atoms with Crippen LogP contribution in [0.15, 0.2) is 24.4 Å². The topological polar surface area (TPSA) is 109 Å². The average molecular weight is 303 g/mol. The molecule has 1 saturated carbocycles. The highest BCUT2D eigenvalue weighted by atomic mass is 16.4. The van der Waals surface area contributed by atoms with Gasteiger partial charge in [-0.25, -0.2) is 4.79 Å². The third kappa shape index (κ3) is 3.00. The summed E-state index contributed by atoms with van der Waals surface area (Å²) in [7, 11) is 0. The van der Waals surface area contributed by atoms with Crippen LogP contribution < -0.4 is 10.6 Å². The normalized spacial score (nSPS) is 21.5. The number of carbonyl (C=O) groups is 2. The third-order valence-electron chi connectivity index (χ3n) is 3.95. The van der Waals surface area contributed by atoms with E-state index in [0.717, 1.165) is 0 Å². The van der Waals surface area contributed by atoms with E-state index in [0.29, 0.717) is 37.3 Å². The number of pyridine rings is 1. The summed E-state index contributed by atoms with van der Waals surface area (Å²) in [6.45, 7) is 0. The Bertz CT molecular complexity index is 691. The van der Waals surface area contributed by atoms with Crippen molar-refractivity contribution < 1.29 is 14.7 Å². The van der Waals surface area contributed by atoms with Crippen LogP contribution in [0.3, 0.4) is 0 Å². The second-order valence-corrected chi connectivity index (χ2v) is 5.44. The van der Waals surface area contributed by atoms with Crippen LogP contribution in [-0.4, -0.2) is 37.7 Å². The molecule has 1 fully saturated rings. The molecule has 22 heavy (non-hydrogen) atoms. The van der Waals surface area contributed by atoms with Gasteiger partial charge in [-0.3, -0.25) is 14.5 Å². The lowest BCUT2D eigenvalue weighted by molar-refractivity contribution is -0.142. The molecule has 0 saturated heterocycles. The molecule has 3 N–H and O–H groups in total. The van der Waals surface area contributed by atoms with E-state index >= 15 is 0 Å². The maximum Gasteiger partial charge on any atom is 0.321 e. The van der Waals surface area contributed by atoms with Crippen molar-refractivity contribution in [2.45, 2.75) is 31.7 Å². The van der Waals surface area contributed by atoms with Crippen LogP contribution in [0.4, 0.5) is 10.7 Å². The number of aromatic nitrogens is 3. The molecule has 3 rings (SSSR count). The summed E-state index contributed by atoms with van der Waals surface area (Å²) in [6.07, 6.45) is 4.29. The highest BCUT2D eigenvalue weighted by Crippen LogP contribution is 2.24. The monoisotopic (exact) mass is 303 g/mol. The van der Waals surface area contributed by atoms with Crippen LogP contribution in [0.5, 0.6) is 0 Å². The van der Waals surface area contributed by atoms with Gasteiger partial charge in [0, 0.05) is 12.2 Å². The lowest BCUT2D eigenvalue weighted by Gasteiger charge is -2.26. The molecule has 0 spiro atoms. The first-order valence-corrected chi connectivity index (χ1v) is 7.23. The van der Waals surface area contributed by atoms with Crippen molar-refractivity contribution >= 4 is 23.6 Å². The Labute approximate surface area is 126 Å². The number of hydrogen-bond acceptors (Lipinski definition) is 4. The molecule has 1 aliphatic rings. The Morgan fingerprint density at radius 1 is 1.18 bits per heavy atom. The maximum absolute atomic E-state index is 12.0. The molecule has 0 aromatic carbocycles. The minimum atomic E-state index is -0.752. The molecule has 0 atom stereocenters. The fourth-order valence-electron chi connectivity index (χ4n) is 2.73. The van der Waals surface area contributed by atoms with E-state index in [4.69, 9.17) is 5.11 Å². The SMILES string of the molecule is O=C(Nc1nnc2ccccn12)NC1CCC(C(=O)O)CC1. The molecule has 0 bridgehead atoms. The number of urea groups is 1. The molecule has 116 valence electrons. The second kappa shape index (κ2) is 6.00. The molecule has 2 aromatic rings. The van der Waals surface area contributed by atoms with Crippen LogP contribution in [0.2, 0.25) is 0 Å². The molecular formula is C14H17N5O3. The molecule has 2 heterocycles. The zero-order chi connectivity index (χ0) is 15.5. The molecule has 2 amide bonds. The van der Waals surface area contributed by atoms with Crippen LogP contribution in [0, 0.1) is 5.92 Å². The predicted octanol–water partition coefficient (Wildman–Crippen LogP) is 1.49. The Kier molecular flexibility index (Phi) is 3.90. The van der Waals surface area contributed by atoms with Crippen molar-refractivity contribution in [2.24, 2.45) is 5.92 Å². The lowest BCUT2D eigenvalue weighted by atomic mass is 9.86. The van der Waals surface area contributed by atoms with Gasteiger partial charge in [-0.05, 0) is 37.8 Å². The first-order valence-electron chi connectivity index (χ1n) is 7.23. The molecular weight excluding hydrogens is 286 g/mol. The van der Waals surface area contributed by atoms with Gasteiger partial charge in [-0.1, -0.05) is 6.07 Å². The first kappa shape index (κ1) is 14.3. The Morgan fingerprint density at radius 3 is 2.68 bits per heavy atom. The van der Waals surface area contributed by atoms with E-state index in [2.05, 4.69) is 20.8 Å². The van der Waals surface area contributed by atoms with Gasteiger partial charge in [0.1, 0.15) is 0 Å². The Balaban J connectivity index is 1.56. The quantitative estimate of drug-likeness (QED) is 0.796. The summed E-state index contributed by atoms with van der Waals surface area (Å²) in [4.78, 5) is 22.9. The number of nitrogens with zero attached hydrogens (tertiary/aromatic N) is 3. The van der Waals surface area contributed by atoms with E-state index in [1.165, 1.54) is 0 Å². The summed E-state index contributed by atoms with van der Waals surface area (Å²) < 4.78 is 1.68. The number of fused-ring (bicyclic) bond motifs is 1. The summed E-state index contributed by atoms with van der Waals surface area (Å²) in [5.74, 6) is -0.688. The van der Waals surface area contributed by atoms with E-state index in [9.17, 15) is 9.59 Å². The number of rotatable bonds is 3. The Morgan fingerprint density at radius 2 is 1.95 bits per heavy atom. The third-order valence-corrected chi connectivity index (χ3v) is 3.95. The van der Waals surface area contributed by atoms with Crippen molar-refractivity contribution in [1.82, 2.24) is 19.9 Å². The molecule has 8 nitrogen and oxygen atoms in total. The number of carbonyl (C=O) groups excluding carboxylic acids is 1.